The fourth-order valence-corrected chi connectivity index (χ4v) is 2.41. The van der Waals surface area contributed by atoms with E-state index in [1.54, 1.807) is 6.92 Å². The number of amides is 1. The molecule has 0 aromatic heterocycles. The van der Waals surface area contributed by atoms with E-state index in [9.17, 15) is 14.7 Å². The lowest BCUT2D eigenvalue weighted by Crippen LogP contribution is -2.37. The third-order valence-corrected chi connectivity index (χ3v) is 3.80. The Hall–Kier alpha value is -1.88. The molecule has 0 heterocycles. The highest BCUT2D eigenvalue weighted by Gasteiger charge is 2.45. The molecule has 114 valence electrons. The monoisotopic (exact) mass is 291 g/mol. The number of nitrogens with one attached hydrogen (secondary N) is 1. The Balaban J connectivity index is 2.07. The zero-order valence-corrected chi connectivity index (χ0v) is 12.3. The molecule has 1 amide bonds. The van der Waals surface area contributed by atoms with Crippen LogP contribution in [0.1, 0.15) is 31.9 Å². The smallest absolute Gasteiger partial charge is 0.308 e. The molecule has 0 spiro atoms. The predicted octanol–water partition coefficient (Wildman–Crippen LogP) is 1.99. The standard InChI is InChI=1S/C16H21NO4/c1-3-21-13-9-12(13)15(18)17-14(10(2)16(19)20)11-7-5-4-6-8-11/h4-8,10,12-14H,3,9H2,1-2H3,(H,17,18)(H,19,20). The van der Waals surface area contributed by atoms with Gasteiger partial charge in [-0.15, -0.1) is 0 Å². The van der Waals surface area contributed by atoms with Crippen molar-refractivity contribution in [2.75, 3.05) is 6.61 Å². The number of aliphatic carboxylic acids is 1. The predicted molar refractivity (Wildman–Crippen MR) is 77.6 cm³/mol. The van der Waals surface area contributed by atoms with E-state index in [0.29, 0.717) is 13.0 Å². The number of hydrogen-bond donors (Lipinski definition) is 2. The minimum absolute atomic E-state index is 0.0217. The molecule has 4 atom stereocenters. The van der Waals surface area contributed by atoms with E-state index in [4.69, 9.17) is 4.74 Å². The first-order chi connectivity index (χ1) is 10.0. The van der Waals surface area contributed by atoms with Gasteiger partial charge in [-0.3, -0.25) is 9.59 Å². The number of ether oxygens (including phenoxy) is 1. The summed E-state index contributed by atoms with van der Waals surface area (Å²) in [4.78, 5) is 23.5. The van der Waals surface area contributed by atoms with Crippen LogP contribution in [0.25, 0.3) is 0 Å². The Morgan fingerprint density at radius 3 is 2.62 bits per heavy atom. The first kappa shape index (κ1) is 15.5. The van der Waals surface area contributed by atoms with Crippen molar-refractivity contribution >= 4 is 11.9 Å². The second kappa shape index (κ2) is 6.72. The van der Waals surface area contributed by atoms with Crippen molar-refractivity contribution in [3.05, 3.63) is 35.9 Å². The zero-order valence-electron chi connectivity index (χ0n) is 12.3. The molecule has 4 unspecified atom stereocenters. The maximum absolute atomic E-state index is 12.2. The normalized spacial score (nSPS) is 23.1. The van der Waals surface area contributed by atoms with Crippen LogP contribution in [0, 0.1) is 11.8 Å². The fraction of sp³-hybridized carbons (Fsp3) is 0.500. The third-order valence-electron chi connectivity index (χ3n) is 3.80. The molecule has 1 saturated carbocycles. The molecule has 5 nitrogen and oxygen atoms in total. The summed E-state index contributed by atoms with van der Waals surface area (Å²) in [5, 5.41) is 12.1. The van der Waals surface area contributed by atoms with Gasteiger partial charge in [-0.1, -0.05) is 30.3 Å². The summed E-state index contributed by atoms with van der Waals surface area (Å²) >= 11 is 0. The Morgan fingerprint density at radius 2 is 2.05 bits per heavy atom. The number of hydrogen-bond acceptors (Lipinski definition) is 3. The average Bonchev–Trinajstić information content (AvgIpc) is 3.24. The van der Waals surface area contributed by atoms with Gasteiger partial charge in [0.1, 0.15) is 0 Å². The Morgan fingerprint density at radius 1 is 1.38 bits per heavy atom. The molecule has 0 bridgehead atoms. The second-order valence-electron chi connectivity index (χ2n) is 5.36. The highest BCUT2D eigenvalue weighted by Crippen LogP contribution is 2.35. The van der Waals surface area contributed by atoms with Crippen LogP contribution in [0.2, 0.25) is 0 Å². The lowest BCUT2D eigenvalue weighted by atomic mass is 9.94. The molecule has 2 N–H and O–H groups in total. The van der Waals surface area contributed by atoms with Crippen molar-refractivity contribution in [2.45, 2.75) is 32.4 Å². The molecule has 1 aromatic carbocycles. The van der Waals surface area contributed by atoms with Crippen molar-refractivity contribution in [1.82, 2.24) is 5.32 Å². The molecule has 21 heavy (non-hydrogen) atoms. The average molecular weight is 291 g/mol. The zero-order chi connectivity index (χ0) is 15.4. The summed E-state index contributed by atoms with van der Waals surface area (Å²) in [6, 6.07) is 8.67. The van der Waals surface area contributed by atoms with Gasteiger partial charge in [-0.25, -0.2) is 0 Å². The number of carbonyl (C=O) groups is 2. The Bertz CT molecular complexity index is 502. The first-order valence-corrected chi connectivity index (χ1v) is 7.24. The molecular formula is C16H21NO4. The molecule has 1 aliphatic rings. The van der Waals surface area contributed by atoms with E-state index >= 15 is 0 Å². The fourth-order valence-electron chi connectivity index (χ4n) is 2.41. The van der Waals surface area contributed by atoms with Crippen molar-refractivity contribution in [1.29, 1.82) is 0 Å². The second-order valence-corrected chi connectivity index (χ2v) is 5.36. The van der Waals surface area contributed by atoms with Crippen molar-refractivity contribution in [3.63, 3.8) is 0 Å². The minimum Gasteiger partial charge on any atom is -0.481 e. The molecule has 2 rings (SSSR count). The number of carboxylic acid groups (broad SMARTS) is 1. The van der Waals surface area contributed by atoms with Crippen LogP contribution in [0.3, 0.4) is 0 Å². The van der Waals surface area contributed by atoms with Crippen LogP contribution >= 0.6 is 0 Å². The van der Waals surface area contributed by atoms with Crippen LogP contribution in [-0.2, 0) is 14.3 Å². The highest BCUT2D eigenvalue weighted by molar-refractivity contribution is 5.83. The molecule has 1 fully saturated rings. The summed E-state index contributed by atoms with van der Waals surface area (Å²) < 4.78 is 5.40. The van der Waals surface area contributed by atoms with E-state index in [-0.39, 0.29) is 17.9 Å². The highest BCUT2D eigenvalue weighted by atomic mass is 16.5. The van der Waals surface area contributed by atoms with Crippen LogP contribution in [0.4, 0.5) is 0 Å². The maximum atomic E-state index is 12.2. The molecule has 1 aromatic rings. The van der Waals surface area contributed by atoms with E-state index in [2.05, 4.69) is 5.32 Å². The Kier molecular flexibility index (Phi) is 4.96. The van der Waals surface area contributed by atoms with E-state index in [0.717, 1.165) is 5.56 Å². The maximum Gasteiger partial charge on any atom is 0.308 e. The van der Waals surface area contributed by atoms with E-state index < -0.39 is 17.9 Å². The number of rotatable bonds is 7. The summed E-state index contributed by atoms with van der Waals surface area (Å²) in [7, 11) is 0. The summed E-state index contributed by atoms with van der Waals surface area (Å²) in [5.74, 6) is -1.91. The van der Waals surface area contributed by atoms with Gasteiger partial charge in [-0.05, 0) is 25.8 Å². The largest absolute Gasteiger partial charge is 0.481 e. The summed E-state index contributed by atoms with van der Waals surface area (Å²) in [6.45, 7) is 4.09. The topological polar surface area (TPSA) is 75.6 Å². The summed E-state index contributed by atoms with van der Waals surface area (Å²) in [6.07, 6.45) is 0.689. The van der Waals surface area contributed by atoms with Crippen LogP contribution in [0.5, 0.6) is 0 Å². The van der Waals surface area contributed by atoms with E-state index in [1.807, 2.05) is 37.3 Å². The minimum atomic E-state index is -0.929. The van der Waals surface area contributed by atoms with E-state index in [1.165, 1.54) is 0 Å². The molecule has 5 heteroatoms. The molecule has 1 aliphatic carbocycles. The lowest BCUT2D eigenvalue weighted by Gasteiger charge is -2.23. The summed E-state index contributed by atoms with van der Waals surface area (Å²) in [5.41, 5.74) is 0.800. The van der Waals surface area contributed by atoms with Crippen molar-refractivity contribution < 1.29 is 19.4 Å². The van der Waals surface area contributed by atoms with Gasteiger partial charge in [0.2, 0.25) is 5.91 Å². The number of carboxylic acids is 1. The molecular weight excluding hydrogens is 270 g/mol. The molecule has 0 saturated heterocycles. The lowest BCUT2D eigenvalue weighted by molar-refractivity contribution is -0.142. The Labute approximate surface area is 124 Å². The van der Waals surface area contributed by atoms with Crippen molar-refractivity contribution in [3.8, 4) is 0 Å². The van der Waals surface area contributed by atoms with Crippen LogP contribution < -0.4 is 5.32 Å². The molecule has 0 aliphatic heterocycles. The van der Waals surface area contributed by atoms with Gasteiger partial charge in [0, 0.05) is 6.61 Å². The number of benzene rings is 1. The third kappa shape index (κ3) is 3.82. The quantitative estimate of drug-likeness (QED) is 0.805. The van der Waals surface area contributed by atoms with Gasteiger partial charge >= 0.3 is 5.97 Å². The number of carbonyl (C=O) groups excluding carboxylic acids is 1. The SMILES string of the molecule is CCOC1CC1C(=O)NC(c1ccccc1)C(C)C(=O)O. The van der Waals surface area contributed by atoms with Gasteiger partial charge < -0.3 is 15.2 Å². The van der Waals surface area contributed by atoms with Gasteiger partial charge in [0.25, 0.3) is 0 Å². The van der Waals surface area contributed by atoms with Crippen molar-refractivity contribution in [2.24, 2.45) is 11.8 Å². The molecule has 0 radical (unpaired) electrons. The van der Waals surface area contributed by atoms with Gasteiger partial charge in [-0.2, -0.15) is 0 Å². The van der Waals surface area contributed by atoms with Gasteiger partial charge in [0.05, 0.1) is 24.0 Å². The van der Waals surface area contributed by atoms with Crippen LogP contribution in [-0.4, -0.2) is 29.7 Å². The first-order valence-electron chi connectivity index (χ1n) is 7.24. The van der Waals surface area contributed by atoms with Gasteiger partial charge in [0.15, 0.2) is 0 Å². The van der Waals surface area contributed by atoms with Crippen LogP contribution in [0.15, 0.2) is 30.3 Å².